The zero-order valence-electron chi connectivity index (χ0n) is 19.7. The van der Waals surface area contributed by atoms with Crippen molar-refractivity contribution in [2.45, 2.75) is 59.9 Å². The van der Waals surface area contributed by atoms with Gasteiger partial charge in [-0.15, -0.1) is 0 Å². The summed E-state index contributed by atoms with van der Waals surface area (Å²) in [4.78, 5) is 20.2. The van der Waals surface area contributed by atoms with Gasteiger partial charge in [0.1, 0.15) is 6.10 Å². The maximum absolute atomic E-state index is 12.9. The van der Waals surface area contributed by atoms with Crippen LogP contribution in [0.2, 0.25) is 0 Å². The second-order valence-electron chi connectivity index (χ2n) is 8.80. The SMILES string of the molecule is CCn1nc(C)c(CN2CCO[C@@H](c3cc(C(=O)NC(C)C)c4ccccc4n3)C2)c1C. The molecule has 32 heavy (non-hydrogen) atoms. The van der Waals surface area contributed by atoms with E-state index in [1.54, 1.807) is 0 Å². The third-order valence-electron chi connectivity index (χ3n) is 6.09. The van der Waals surface area contributed by atoms with E-state index in [4.69, 9.17) is 9.72 Å². The average Bonchev–Trinajstić information content (AvgIpc) is 3.05. The van der Waals surface area contributed by atoms with Gasteiger partial charge in [-0.1, -0.05) is 18.2 Å². The molecule has 1 saturated heterocycles. The van der Waals surface area contributed by atoms with E-state index in [1.807, 2.05) is 44.2 Å². The molecule has 4 rings (SSSR count). The van der Waals surface area contributed by atoms with E-state index in [1.165, 1.54) is 11.3 Å². The lowest BCUT2D eigenvalue weighted by Crippen LogP contribution is -2.38. The Kier molecular flexibility index (Phi) is 6.58. The van der Waals surface area contributed by atoms with Gasteiger partial charge < -0.3 is 10.1 Å². The predicted octanol–water partition coefficient (Wildman–Crippen LogP) is 3.78. The number of hydrogen-bond acceptors (Lipinski definition) is 5. The zero-order valence-corrected chi connectivity index (χ0v) is 19.7. The summed E-state index contributed by atoms with van der Waals surface area (Å²) in [6.45, 7) is 14.2. The number of aromatic nitrogens is 3. The summed E-state index contributed by atoms with van der Waals surface area (Å²) in [7, 11) is 0. The lowest BCUT2D eigenvalue weighted by molar-refractivity contribution is -0.0349. The number of amides is 1. The van der Waals surface area contributed by atoms with Crippen LogP contribution in [0.4, 0.5) is 0 Å². The summed E-state index contributed by atoms with van der Waals surface area (Å²) >= 11 is 0. The van der Waals surface area contributed by atoms with Crippen LogP contribution in [0.25, 0.3) is 10.9 Å². The molecule has 0 spiro atoms. The molecule has 7 heteroatoms. The maximum Gasteiger partial charge on any atom is 0.252 e. The number of nitrogens with one attached hydrogen (secondary N) is 1. The molecule has 170 valence electrons. The number of pyridine rings is 1. The number of para-hydroxylation sites is 1. The van der Waals surface area contributed by atoms with Gasteiger partial charge in [-0.3, -0.25) is 14.4 Å². The number of rotatable bonds is 6. The highest BCUT2D eigenvalue weighted by Gasteiger charge is 2.26. The molecule has 0 aliphatic carbocycles. The molecule has 3 heterocycles. The molecule has 0 bridgehead atoms. The quantitative estimate of drug-likeness (QED) is 0.638. The highest BCUT2D eigenvalue weighted by Crippen LogP contribution is 2.27. The van der Waals surface area contributed by atoms with E-state index in [-0.39, 0.29) is 18.1 Å². The van der Waals surface area contributed by atoms with E-state index in [0.29, 0.717) is 12.2 Å². The van der Waals surface area contributed by atoms with Crippen molar-refractivity contribution in [3.8, 4) is 0 Å². The van der Waals surface area contributed by atoms with Crippen LogP contribution < -0.4 is 5.32 Å². The lowest BCUT2D eigenvalue weighted by atomic mass is 10.0. The Morgan fingerprint density at radius 2 is 2.06 bits per heavy atom. The standard InChI is InChI=1S/C25H33N5O2/c1-6-30-18(5)21(17(4)28-30)14-29-11-12-32-24(15-29)23-13-20(25(31)26-16(2)3)19-9-7-8-10-22(19)27-23/h7-10,13,16,24H,6,11-12,14-15H2,1-5H3,(H,26,31)/t24-/m1/s1. The van der Waals surface area contributed by atoms with Crippen molar-refractivity contribution >= 4 is 16.8 Å². The Morgan fingerprint density at radius 3 is 2.78 bits per heavy atom. The molecule has 1 atom stereocenters. The van der Waals surface area contributed by atoms with Crippen molar-refractivity contribution in [3.63, 3.8) is 0 Å². The molecule has 3 aromatic rings. The number of ether oxygens (including phenoxy) is 1. The van der Waals surface area contributed by atoms with E-state index < -0.39 is 0 Å². The second-order valence-corrected chi connectivity index (χ2v) is 8.80. The summed E-state index contributed by atoms with van der Waals surface area (Å²) in [5.41, 5.74) is 5.87. The number of fused-ring (bicyclic) bond motifs is 1. The van der Waals surface area contributed by atoms with Crippen LogP contribution in [0.15, 0.2) is 30.3 Å². The van der Waals surface area contributed by atoms with Crippen LogP contribution in [0.5, 0.6) is 0 Å². The summed E-state index contributed by atoms with van der Waals surface area (Å²) in [5.74, 6) is -0.0780. The van der Waals surface area contributed by atoms with Crippen molar-refractivity contribution in [1.82, 2.24) is 25.0 Å². The maximum atomic E-state index is 12.9. The van der Waals surface area contributed by atoms with E-state index in [0.717, 1.165) is 48.5 Å². The smallest absolute Gasteiger partial charge is 0.252 e. The number of benzene rings is 1. The number of hydrogen-bond donors (Lipinski definition) is 1. The summed E-state index contributed by atoms with van der Waals surface area (Å²) in [6, 6.07) is 9.77. The van der Waals surface area contributed by atoms with Gasteiger partial charge in [0.2, 0.25) is 0 Å². The molecular weight excluding hydrogens is 402 g/mol. The monoisotopic (exact) mass is 435 g/mol. The fourth-order valence-electron chi connectivity index (χ4n) is 4.41. The topological polar surface area (TPSA) is 72.3 Å². The molecule has 0 saturated carbocycles. The number of carbonyl (C=O) groups excluding carboxylic acids is 1. The van der Waals surface area contributed by atoms with Crippen molar-refractivity contribution in [2.75, 3.05) is 19.7 Å². The first-order chi connectivity index (χ1) is 15.4. The molecule has 1 aliphatic heterocycles. The minimum Gasteiger partial charge on any atom is -0.369 e. The largest absolute Gasteiger partial charge is 0.369 e. The van der Waals surface area contributed by atoms with Crippen molar-refractivity contribution in [3.05, 3.63) is 58.5 Å². The molecular formula is C25H33N5O2. The molecule has 1 aromatic carbocycles. The Bertz CT molecular complexity index is 1120. The van der Waals surface area contributed by atoms with Crippen LogP contribution in [0.1, 0.15) is 59.9 Å². The van der Waals surface area contributed by atoms with Crippen LogP contribution in [0.3, 0.4) is 0 Å². The van der Waals surface area contributed by atoms with E-state index >= 15 is 0 Å². The van der Waals surface area contributed by atoms with Gasteiger partial charge in [0, 0.05) is 48.9 Å². The number of nitrogens with zero attached hydrogens (tertiary/aromatic N) is 4. The van der Waals surface area contributed by atoms with Gasteiger partial charge in [0.05, 0.1) is 29.1 Å². The minimum atomic E-state index is -0.180. The molecule has 1 N–H and O–H groups in total. The third-order valence-corrected chi connectivity index (χ3v) is 6.09. The van der Waals surface area contributed by atoms with E-state index in [2.05, 4.69) is 40.8 Å². The van der Waals surface area contributed by atoms with Gasteiger partial charge in [-0.05, 0) is 46.8 Å². The Hall–Kier alpha value is -2.77. The van der Waals surface area contributed by atoms with Gasteiger partial charge in [0.25, 0.3) is 5.91 Å². The van der Waals surface area contributed by atoms with Crippen LogP contribution >= 0.6 is 0 Å². The van der Waals surface area contributed by atoms with Crippen LogP contribution in [0, 0.1) is 13.8 Å². The summed E-state index contributed by atoms with van der Waals surface area (Å²) < 4.78 is 8.19. The first-order valence-electron chi connectivity index (χ1n) is 11.4. The van der Waals surface area contributed by atoms with Crippen molar-refractivity contribution in [1.29, 1.82) is 0 Å². The molecule has 2 aromatic heterocycles. The summed E-state index contributed by atoms with van der Waals surface area (Å²) in [5, 5.41) is 8.54. The normalized spacial score (nSPS) is 17.2. The highest BCUT2D eigenvalue weighted by atomic mass is 16.5. The second kappa shape index (κ2) is 9.38. The van der Waals surface area contributed by atoms with Crippen molar-refractivity contribution in [2.24, 2.45) is 0 Å². The Morgan fingerprint density at radius 1 is 1.28 bits per heavy atom. The van der Waals surface area contributed by atoms with Gasteiger partial charge in [-0.25, -0.2) is 4.98 Å². The minimum absolute atomic E-state index is 0.0646. The predicted molar refractivity (Wildman–Crippen MR) is 126 cm³/mol. The molecule has 0 radical (unpaired) electrons. The molecule has 7 nitrogen and oxygen atoms in total. The first kappa shape index (κ1) is 22.4. The zero-order chi connectivity index (χ0) is 22.8. The lowest BCUT2D eigenvalue weighted by Gasteiger charge is -2.33. The number of aryl methyl sites for hydroxylation is 2. The van der Waals surface area contributed by atoms with E-state index in [9.17, 15) is 4.79 Å². The molecule has 1 amide bonds. The summed E-state index contributed by atoms with van der Waals surface area (Å²) in [6.07, 6.45) is -0.180. The molecule has 0 unspecified atom stereocenters. The first-order valence-corrected chi connectivity index (χ1v) is 11.4. The molecule has 1 fully saturated rings. The fraction of sp³-hybridized carbons (Fsp3) is 0.480. The Balaban J connectivity index is 1.61. The Labute approximate surface area is 189 Å². The fourth-order valence-corrected chi connectivity index (χ4v) is 4.41. The van der Waals surface area contributed by atoms with Crippen molar-refractivity contribution < 1.29 is 9.53 Å². The average molecular weight is 436 g/mol. The molecule has 1 aliphatic rings. The number of morpholine rings is 1. The van der Waals surface area contributed by atoms with Gasteiger partial charge >= 0.3 is 0 Å². The highest BCUT2D eigenvalue weighted by molar-refractivity contribution is 6.06. The van der Waals surface area contributed by atoms with Gasteiger partial charge in [0.15, 0.2) is 0 Å². The van der Waals surface area contributed by atoms with Gasteiger partial charge in [-0.2, -0.15) is 5.10 Å². The van der Waals surface area contributed by atoms with Crippen LogP contribution in [-0.4, -0.2) is 51.3 Å². The third kappa shape index (κ3) is 4.54. The van der Waals surface area contributed by atoms with Crippen LogP contribution in [-0.2, 0) is 17.8 Å². The number of carbonyl (C=O) groups is 1.